The van der Waals surface area contributed by atoms with E-state index in [1.54, 1.807) is 20.3 Å². The lowest BCUT2D eigenvalue weighted by Gasteiger charge is -2.40. The van der Waals surface area contributed by atoms with Gasteiger partial charge in [0.1, 0.15) is 0 Å². The Morgan fingerprint density at radius 3 is 2.77 bits per heavy atom. The molecule has 0 bridgehead atoms. The lowest BCUT2D eigenvalue weighted by atomic mass is 9.79. The Bertz CT molecular complexity index is 673. The lowest BCUT2D eigenvalue weighted by molar-refractivity contribution is -0.125. The van der Waals surface area contributed by atoms with Crippen molar-refractivity contribution in [1.29, 1.82) is 0 Å². The van der Waals surface area contributed by atoms with Gasteiger partial charge in [0.05, 0.1) is 14.2 Å². The van der Waals surface area contributed by atoms with Gasteiger partial charge in [-0.15, -0.1) is 0 Å². The molecule has 0 aliphatic carbocycles. The minimum atomic E-state index is 0.149. The van der Waals surface area contributed by atoms with Crippen LogP contribution in [0.4, 0.5) is 0 Å². The number of benzene rings is 1. The Labute approximate surface area is 156 Å². The molecule has 0 N–H and O–H groups in total. The van der Waals surface area contributed by atoms with Gasteiger partial charge in [-0.3, -0.25) is 9.69 Å². The average molecular weight is 358 g/mol. The van der Waals surface area contributed by atoms with Gasteiger partial charge >= 0.3 is 0 Å². The zero-order valence-electron chi connectivity index (χ0n) is 16.2. The largest absolute Gasteiger partial charge is 0.493 e. The van der Waals surface area contributed by atoms with Gasteiger partial charge in [0.15, 0.2) is 11.5 Å². The van der Waals surface area contributed by atoms with Crippen LogP contribution < -0.4 is 9.47 Å². The smallest absolute Gasteiger partial charge is 0.246 e. The normalized spacial score (nSPS) is 23.7. The van der Waals surface area contributed by atoms with Crippen LogP contribution in [0.2, 0.25) is 0 Å². The predicted octanol–water partition coefficient (Wildman–Crippen LogP) is 3.09. The standard InChI is InChI=1S/C21H30N2O3/c1-4-7-19(24)23-13-11-21(16-23)10-6-12-22(15-21)14-17-8-5-9-18(25-2)20(17)26-3/h4-5,7-9H,6,10-16H2,1-3H3/b7-4+/t21-/m0/s1. The van der Waals surface area contributed by atoms with Crippen LogP contribution in [-0.2, 0) is 11.3 Å². The first-order chi connectivity index (χ1) is 12.6. The van der Waals surface area contributed by atoms with Crippen molar-refractivity contribution in [1.82, 2.24) is 9.80 Å². The first-order valence-electron chi connectivity index (χ1n) is 9.44. The van der Waals surface area contributed by atoms with Crippen LogP contribution in [0.3, 0.4) is 0 Å². The Hall–Kier alpha value is -2.01. The Morgan fingerprint density at radius 2 is 2.04 bits per heavy atom. The fourth-order valence-electron chi connectivity index (χ4n) is 4.47. The number of ether oxygens (including phenoxy) is 2. The molecule has 3 rings (SSSR count). The third-order valence-corrected chi connectivity index (χ3v) is 5.68. The summed E-state index contributed by atoms with van der Waals surface area (Å²) in [4.78, 5) is 16.7. The van der Waals surface area contributed by atoms with Crippen molar-refractivity contribution in [3.05, 3.63) is 35.9 Å². The minimum absolute atomic E-state index is 0.149. The maximum absolute atomic E-state index is 12.2. The van der Waals surface area contributed by atoms with Crippen LogP contribution in [0.1, 0.15) is 31.7 Å². The van der Waals surface area contributed by atoms with E-state index in [1.165, 1.54) is 12.8 Å². The summed E-state index contributed by atoms with van der Waals surface area (Å²) >= 11 is 0. The molecule has 142 valence electrons. The highest BCUT2D eigenvalue weighted by Gasteiger charge is 2.42. The van der Waals surface area contributed by atoms with E-state index in [2.05, 4.69) is 11.0 Å². The van der Waals surface area contributed by atoms with E-state index >= 15 is 0 Å². The number of para-hydroxylation sites is 1. The second-order valence-corrected chi connectivity index (χ2v) is 7.48. The molecule has 2 aliphatic rings. The molecule has 26 heavy (non-hydrogen) atoms. The Kier molecular flexibility index (Phi) is 5.87. The molecule has 1 aromatic carbocycles. The zero-order valence-corrected chi connectivity index (χ0v) is 16.2. The van der Waals surface area contributed by atoms with Crippen molar-refractivity contribution in [2.45, 2.75) is 32.7 Å². The molecule has 1 amide bonds. The van der Waals surface area contributed by atoms with E-state index in [-0.39, 0.29) is 11.3 Å². The van der Waals surface area contributed by atoms with Crippen molar-refractivity contribution >= 4 is 5.91 Å². The molecule has 2 saturated heterocycles. The third kappa shape index (κ3) is 3.88. The van der Waals surface area contributed by atoms with Crippen molar-refractivity contribution in [2.24, 2.45) is 5.41 Å². The summed E-state index contributed by atoms with van der Waals surface area (Å²) in [5.74, 6) is 1.75. The van der Waals surface area contributed by atoms with Crippen molar-refractivity contribution in [3.8, 4) is 11.5 Å². The van der Waals surface area contributed by atoms with Gasteiger partial charge in [-0.2, -0.15) is 0 Å². The number of piperidine rings is 1. The molecule has 0 aromatic heterocycles. The quantitative estimate of drug-likeness (QED) is 0.759. The third-order valence-electron chi connectivity index (χ3n) is 5.68. The molecule has 1 atom stereocenters. The summed E-state index contributed by atoms with van der Waals surface area (Å²) in [6.07, 6.45) is 6.99. The number of amides is 1. The van der Waals surface area contributed by atoms with E-state index in [0.717, 1.165) is 56.2 Å². The first kappa shape index (κ1) is 18.8. The van der Waals surface area contributed by atoms with Gasteiger partial charge in [0, 0.05) is 37.2 Å². The van der Waals surface area contributed by atoms with Crippen LogP contribution in [0, 0.1) is 5.41 Å². The molecule has 0 radical (unpaired) electrons. The fourth-order valence-corrected chi connectivity index (χ4v) is 4.47. The van der Waals surface area contributed by atoms with Gasteiger partial charge in [-0.05, 0) is 44.9 Å². The molecule has 0 unspecified atom stereocenters. The highest BCUT2D eigenvalue weighted by molar-refractivity contribution is 5.87. The average Bonchev–Trinajstić information content (AvgIpc) is 3.05. The molecule has 2 fully saturated rings. The lowest BCUT2D eigenvalue weighted by Crippen LogP contribution is -2.44. The van der Waals surface area contributed by atoms with E-state index in [4.69, 9.17) is 9.47 Å². The van der Waals surface area contributed by atoms with Crippen LogP contribution in [0.5, 0.6) is 11.5 Å². The van der Waals surface area contributed by atoms with E-state index < -0.39 is 0 Å². The monoisotopic (exact) mass is 358 g/mol. The van der Waals surface area contributed by atoms with Crippen LogP contribution >= 0.6 is 0 Å². The van der Waals surface area contributed by atoms with Crippen LogP contribution in [-0.4, -0.2) is 56.1 Å². The van der Waals surface area contributed by atoms with Crippen molar-refractivity contribution < 1.29 is 14.3 Å². The minimum Gasteiger partial charge on any atom is -0.493 e. The number of rotatable bonds is 5. The molecular formula is C21H30N2O3. The van der Waals surface area contributed by atoms with Gasteiger partial charge in [0.2, 0.25) is 5.91 Å². The second kappa shape index (κ2) is 8.12. The van der Waals surface area contributed by atoms with Gasteiger partial charge in [-0.25, -0.2) is 0 Å². The predicted molar refractivity (Wildman–Crippen MR) is 103 cm³/mol. The summed E-state index contributed by atoms with van der Waals surface area (Å²) in [5.41, 5.74) is 1.39. The molecule has 5 heteroatoms. The van der Waals surface area contributed by atoms with Crippen molar-refractivity contribution in [3.63, 3.8) is 0 Å². The van der Waals surface area contributed by atoms with Gasteiger partial charge in [0.25, 0.3) is 0 Å². The number of nitrogens with zero attached hydrogens (tertiary/aromatic N) is 2. The number of hydrogen-bond donors (Lipinski definition) is 0. The maximum Gasteiger partial charge on any atom is 0.246 e. The highest BCUT2D eigenvalue weighted by Crippen LogP contribution is 2.40. The summed E-state index contributed by atoms with van der Waals surface area (Å²) in [7, 11) is 3.37. The molecule has 2 aliphatic heterocycles. The zero-order chi connectivity index (χ0) is 18.6. The van der Waals surface area contributed by atoms with E-state index in [1.807, 2.05) is 30.0 Å². The van der Waals surface area contributed by atoms with Gasteiger partial charge < -0.3 is 14.4 Å². The first-order valence-corrected chi connectivity index (χ1v) is 9.44. The van der Waals surface area contributed by atoms with E-state index in [0.29, 0.717) is 0 Å². The van der Waals surface area contributed by atoms with Crippen molar-refractivity contribution in [2.75, 3.05) is 40.4 Å². The molecule has 0 saturated carbocycles. The maximum atomic E-state index is 12.2. The molecular weight excluding hydrogens is 328 g/mol. The SMILES string of the molecule is C/C=C/C(=O)N1CC[C@]2(CCCN(Cc3cccc(OC)c3OC)C2)C1. The number of likely N-dealkylation sites (tertiary alicyclic amines) is 2. The molecule has 2 heterocycles. The topological polar surface area (TPSA) is 42.0 Å². The summed E-state index contributed by atoms with van der Waals surface area (Å²) in [5, 5.41) is 0. The number of hydrogen-bond acceptors (Lipinski definition) is 4. The number of methoxy groups -OCH3 is 2. The molecule has 5 nitrogen and oxygen atoms in total. The number of allylic oxidation sites excluding steroid dienone is 1. The summed E-state index contributed by atoms with van der Waals surface area (Å²) < 4.78 is 11.0. The molecule has 1 aromatic rings. The second-order valence-electron chi connectivity index (χ2n) is 7.48. The summed E-state index contributed by atoms with van der Waals surface area (Å²) in [6.45, 7) is 6.62. The summed E-state index contributed by atoms with van der Waals surface area (Å²) in [6, 6.07) is 6.06. The van der Waals surface area contributed by atoms with E-state index in [9.17, 15) is 4.79 Å². The molecule has 1 spiro atoms. The Morgan fingerprint density at radius 1 is 1.19 bits per heavy atom. The highest BCUT2D eigenvalue weighted by atomic mass is 16.5. The fraction of sp³-hybridized carbons (Fsp3) is 0.571. The van der Waals surface area contributed by atoms with Crippen LogP contribution in [0.15, 0.2) is 30.4 Å². The van der Waals surface area contributed by atoms with Crippen LogP contribution in [0.25, 0.3) is 0 Å². The Balaban J connectivity index is 1.69. The number of carbonyl (C=O) groups is 1. The number of carbonyl (C=O) groups excluding carboxylic acids is 1. The van der Waals surface area contributed by atoms with Gasteiger partial charge in [-0.1, -0.05) is 18.2 Å².